The van der Waals surface area contributed by atoms with Crippen LogP contribution in [0.2, 0.25) is 0 Å². The van der Waals surface area contributed by atoms with Crippen molar-refractivity contribution in [1.29, 1.82) is 0 Å². The van der Waals surface area contributed by atoms with Crippen molar-refractivity contribution < 1.29 is 4.79 Å². The molecule has 0 bridgehead atoms. The zero-order valence-electron chi connectivity index (χ0n) is 18.5. The van der Waals surface area contributed by atoms with Crippen LogP contribution in [-0.2, 0) is 12.8 Å². The summed E-state index contributed by atoms with van der Waals surface area (Å²) in [4.78, 5) is 21.5. The van der Waals surface area contributed by atoms with Crippen molar-refractivity contribution in [1.82, 2.24) is 19.6 Å². The fourth-order valence-corrected chi connectivity index (χ4v) is 4.45. The van der Waals surface area contributed by atoms with Crippen molar-refractivity contribution in [3.63, 3.8) is 0 Å². The van der Waals surface area contributed by atoms with E-state index < -0.39 is 0 Å². The molecule has 0 aliphatic carbocycles. The van der Waals surface area contributed by atoms with Crippen LogP contribution in [0.5, 0.6) is 0 Å². The van der Waals surface area contributed by atoms with Gasteiger partial charge in [0, 0.05) is 62.9 Å². The molecule has 0 radical (unpaired) electrons. The molecule has 4 rings (SSSR count). The quantitative estimate of drug-likeness (QED) is 0.548. The van der Waals surface area contributed by atoms with Crippen molar-refractivity contribution in [2.75, 3.05) is 49.5 Å². The lowest BCUT2D eigenvalue weighted by molar-refractivity contribution is 0.240. The molecule has 2 heterocycles. The second-order valence-electron chi connectivity index (χ2n) is 7.92. The molecular weight excluding hydrogens is 420 g/mol. The number of hydrogen-bond donors (Lipinski definition) is 2. The summed E-state index contributed by atoms with van der Waals surface area (Å²) in [6.07, 6.45) is 1.77. The zero-order valence-corrected chi connectivity index (χ0v) is 19.3. The lowest BCUT2D eigenvalue weighted by Crippen LogP contribution is -2.48. The van der Waals surface area contributed by atoms with Gasteiger partial charge >= 0.3 is 6.03 Å². The molecule has 2 N–H and O–H groups in total. The van der Waals surface area contributed by atoms with Crippen LogP contribution >= 0.6 is 11.5 Å². The van der Waals surface area contributed by atoms with Gasteiger partial charge in [-0.1, -0.05) is 49.4 Å². The monoisotopic (exact) mass is 450 g/mol. The van der Waals surface area contributed by atoms with E-state index in [2.05, 4.69) is 43.9 Å². The highest BCUT2D eigenvalue weighted by Crippen LogP contribution is 2.20. The summed E-state index contributed by atoms with van der Waals surface area (Å²) >= 11 is 1.48. The third-order valence-electron chi connectivity index (χ3n) is 5.64. The molecule has 0 saturated carbocycles. The third-order valence-corrected chi connectivity index (χ3v) is 6.45. The molecule has 0 spiro atoms. The van der Waals surface area contributed by atoms with Crippen LogP contribution in [-0.4, -0.2) is 59.6 Å². The molecule has 1 fully saturated rings. The predicted octanol–water partition coefficient (Wildman–Crippen LogP) is 3.64. The minimum Gasteiger partial charge on any atom is -0.344 e. The van der Waals surface area contributed by atoms with Crippen molar-refractivity contribution in [3.05, 3.63) is 71.5 Å². The van der Waals surface area contributed by atoms with Gasteiger partial charge in [-0.2, -0.15) is 4.37 Å². The number of piperazine rings is 1. The summed E-state index contributed by atoms with van der Waals surface area (Å²) < 4.78 is 4.54. The van der Waals surface area contributed by atoms with E-state index in [0.29, 0.717) is 6.54 Å². The maximum Gasteiger partial charge on any atom is 0.319 e. The lowest BCUT2D eigenvalue weighted by atomic mass is 10.1. The van der Waals surface area contributed by atoms with Gasteiger partial charge in [-0.05, 0) is 29.7 Å². The summed E-state index contributed by atoms with van der Waals surface area (Å²) in [5.74, 6) is 0.887. The number of hydrogen-bond acceptors (Lipinski definition) is 6. The number of anilines is 2. The number of carbonyl (C=O) groups excluding carboxylic acids is 1. The van der Waals surface area contributed by atoms with Gasteiger partial charge in [-0.3, -0.25) is 4.90 Å². The van der Waals surface area contributed by atoms with E-state index in [4.69, 9.17) is 4.98 Å². The predicted molar refractivity (Wildman–Crippen MR) is 131 cm³/mol. The van der Waals surface area contributed by atoms with Gasteiger partial charge in [0.25, 0.3) is 0 Å². The SMILES string of the molecule is CCc1ccc(NC(=O)NCCN2CCN(c3nc(Cc4ccccc4)ns3)CC2)cc1. The van der Waals surface area contributed by atoms with Gasteiger partial charge < -0.3 is 15.5 Å². The largest absolute Gasteiger partial charge is 0.344 e. The van der Waals surface area contributed by atoms with Crippen molar-refractivity contribution in [3.8, 4) is 0 Å². The first-order valence-electron chi connectivity index (χ1n) is 11.2. The van der Waals surface area contributed by atoms with Crippen molar-refractivity contribution >= 4 is 28.4 Å². The van der Waals surface area contributed by atoms with Gasteiger partial charge in [0.05, 0.1) is 0 Å². The molecule has 1 aliphatic rings. The maximum atomic E-state index is 12.1. The average Bonchev–Trinajstić information content (AvgIpc) is 3.29. The Hall–Kier alpha value is -2.97. The fourth-order valence-electron chi connectivity index (χ4n) is 3.71. The number of rotatable bonds is 8. The highest BCUT2D eigenvalue weighted by Gasteiger charge is 2.20. The molecule has 0 atom stereocenters. The highest BCUT2D eigenvalue weighted by molar-refractivity contribution is 7.09. The summed E-state index contributed by atoms with van der Waals surface area (Å²) in [5, 5.41) is 6.84. The lowest BCUT2D eigenvalue weighted by Gasteiger charge is -2.34. The van der Waals surface area contributed by atoms with Crippen molar-refractivity contribution in [2.45, 2.75) is 19.8 Å². The summed E-state index contributed by atoms with van der Waals surface area (Å²) in [5.41, 5.74) is 3.31. The van der Waals surface area contributed by atoms with E-state index in [1.54, 1.807) is 0 Å². The number of benzene rings is 2. The zero-order chi connectivity index (χ0) is 22.2. The van der Waals surface area contributed by atoms with Crippen LogP contribution in [0, 0.1) is 0 Å². The molecule has 0 unspecified atom stereocenters. The number of urea groups is 1. The smallest absolute Gasteiger partial charge is 0.319 e. The Bertz CT molecular complexity index is 983. The molecule has 32 heavy (non-hydrogen) atoms. The molecule has 3 aromatic rings. The second kappa shape index (κ2) is 11.1. The minimum absolute atomic E-state index is 0.160. The Balaban J connectivity index is 1.15. The van der Waals surface area contributed by atoms with E-state index in [1.807, 2.05) is 42.5 Å². The van der Waals surface area contributed by atoms with Crippen LogP contribution in [0.25, 0.3) is 0 Å². The van der Waals surface area contributed by atoms with Gasteiger partial charge in [0.15, 0.2) is 0 Å². The van der Waals surface area contributed by atoms with E-state index in [-0.39, 0.29) is 6.03 Å². The van der Waals surface area contributed by atoms with E-state index >= 15 is 0 Å². The first-order valence-corrected chi connectivity index (χ1v) is 11.9. The van der Waals surface area contributed by atoms with Crippen LogP contribution < -0.4 is 15.5 Å². The van der Waals surface area contributed by atoms with Crippen molar-refractivity contribution in [2.24, 2.45) is 0 Å². The van der Waals surface area contributed by atoms with E-state index in [0.717, 1.165) is 62.2 Å². The molecule has 7 nitrogen and oxygen atoms in total. The first kappa shape index (κ1) is 22.2. The van der Waals surface area contributed by atoms with Gasteiger partial charge in [0.1, 0.15) is 5.82 Å². The third kappa shape index (κ3) is 6.27. The van der Waals surface area contributed by atoms with Crippen LogP contribution in [0.15, 0.2) is 54.6 Å². The first-order chi connectivity index (χ1) is 15.7. The second-order valence-corrected chi connectivity index (χ2v) is 8.65. The fraction of sp³-hybridized carbons (Fsp3) is 0.375. The summed E-state index contributed by atoms with van der Waals surface area (Å²) in [6.45, 7) is 7.34. The molecule has 2 amide bonds. The van der Waals surface area contributed by atoms with Crippen LogP contribution in [0.3, 0.4) is 0 Å². The molecule has 1 aliphatic heterocycles. The number of amides is 2. The number of aryl methyl sites for hydroxylation is 1. The Morgan fingerprint density at radius 1 is 1.00 bits per heavy atom. The number of nitrogens with zero attached hydrogens (tertiary/aromatic N) is 4. The Morgan fingerprint density at radius 2 is 1.75 bits per heavy atom. The molecule has 1 aromatic heterocycles. The maximum absolute atomic E-state index is 12.1. The summed E-state index contributed by atoms with van der Waals surface area (Å²) in [6, 6.07) is 18.1. The average molecular weight is 451 g/mol. The minimum atomic E-state index is -0.160. The van der Waals surface area contributed by atoms with Crippen LogP contribution in [0.4, 0.5) is 15.6 Å². The molecule has 8 heteroatoms. The van der Waals surface area contributed by atoms with E-state index in [1.165, 1.54) is 22.7 Å². The van der Waals surface area contributed by atoms with Crippen LogP contribution in [0.1, 0.15) is 23.9 Å². The molecular formula is C24H30N6OS. The molecule has 168 valence electrons. The van der Waals surface area contributed by atoms with E-state index in [9.17, 15) is 4.79 Å². The Labute approximate surface area is 193 Å². The Kier molecular flexibility index (Phi) is 7.68. The van der Waals surface area contributed by atoms with Gasteiger partial charge in [-0.25, -0.2) is 9.78 Å². The van der Waals surface area contributed by atoms with Gasteiger partial charge in [-0.15, -0.1) is 0 Å². The number of aromatic nitrogens is 2. The number of carbonyl (C=O) groups is 1. The summed E-state index contributed by atoms with van der Waals surface area (Å²) in [7, 11) is 0. The standard InChI is InChI=1S/C24H30N6OS/c1-2-19-8-10-21(11-9-19)26-23(31)25-12-13-29-14-16-30(17-15-29)24-27-22(28-32-24)18-20-6-4-3-5-7-20/h3-11H,2,12-18H2,1H3,(H2,25,26,31). The normalized spacial score (nSPS) is 14.3. The molecule has 1 saturated heterocycles. The number of nitrogens with one attached hydrogen (secondary N) is 2. The Morgan fingerprint density at radius 3 is 2.47 bits per heavy atom. The topological polar surface area (TPSA) is 73.4 Å². The highest BCUT2D eigenvalue weighted by atomic mass is 32.1. The van der Waals surface area contributed by atoms with Gasteiger partial charge in [0.2, 0.25) is 5.13 Å². The molecule has 2 aromatic carbocycles.